The van der Waals surface area contributed by atoms with E-state index in [-0.39, 0.29) is 83.4 Å². The van der Waals surface area contributed by atoms with Crippen molar-refractivity contribution < 1.29 is 40.3 Å². The van der Waals surface area contributed by atoms with E-state index in [1.807, 2.05) is 0 Å². The highest BCUT2D eigenvalue weighted by Gasteiger charge is 2.39. The molecule has 47 heavy (non-hydrogen) atoms. The minimum Gasteiger partial charge on any atom is -0.462 e. The van der Waals surface area contributed by atoms with Crippen molar-refractivity contribution in [2.24, 2.45) is 5.73 Å². The Morgan fingerprint density at radius 3 is 2.49 bits per heavy atom. The van der Waals surface area contributed by atoms with Crippen LogP contribution in [0.3, 0.4) is 0 Å². The molecule has 0 bridgehead atoms. The number of anilines is 2. The lowest BCUT2D eigenvalue weighted by Gasteiger charge is -2.36. The molecule has 2 saturated heterocycles. The monoisotopic (exact) mass is 686 g/mol. The van der Waals surface area contributed by atoms with E-state index in [0.717, 1.165) is 18.2 Å². The Labute approximate surface area is 267 Å². The van der Waals surface area contributed by atoms with E-state index in [9.17, 15) is 31.1 Å². The summed E-state index contributed by atoms with van der Waals surface area (Å²) in [5.74, 6) is -2.54. The van der Waals surface area contributed by atoms with Gasteiger partial charge in [-0.15, -0.1) is 0 Å². The van der Waals surface area contributed by atoms with Crippen LogP contribution in [-0.4, -0.2) is 95.5 Å². The zero-order chi connectivity index (χ0) is 33.6. The van der Waals surface area contributed by atoms with Gasteiger partial charge in [-0.05, 0) is 37.6 Å². The van der Waals surface area contributed by atoms with Crippen molar-refractivity contribution in [3.8, 4) is 17.1 Å². The Bertz CT molecular complexity index is 1810. The van der Waals surface area contributed by atoms with Crippen molar-refractivity contribution in [1.29, 1.82) is 0 Å². The molecule has 4 N–H and O–H groups in total. The lowest BCUT2D eigenvalue weighted by Crippen LogP contribution is -2.50. The molecule has 4 aromatic rings. The van der Waals surface area contributed by atoms with Gasteiger partial charge in [-0.25, -0.2) is 22.5 Å². The van der Waals surface area contributed by atoms with E-state index in [4.69, 9.17) is 16.2 Å². The number of hydrogen-bond donors (Lipinski definition) is 2. The third-order valence-corrected chi connectivity index (χ3v) is 9.25. The van der Waals surface area contributed by atoms with Crippen LogP contribution in [0.2, 0.25) is 0 Å². The van der Waals surface area contributed by atoms with Crippen LogP contribution in [0, 0.1) is 11.6 Å². The van der Waals surface area contributed by atoms with Crippen LogP contribution in [0.4, 0.5) is 41.7 Å². The molecule has 0 radical (unpaired) electrons. The highest BCUT2D eigenvalue weighted by atomic mass is 32.1. The first-order chi connectivity index (χ1) is 22.3. The first kappa shape index (κ1) is 32.9. The van der Waals surface area contributed by atoms with Gasteiger partial charge in [0.2, 0.25) is 5.91 Å². The summed E-state index contributed by atoms with van der Waals surface area (Å²) in [5.41, 5.74) is 7.85. The summed E-state index contributed by atoms with van der Waals surface area (Å²) in [6, 6.07) is 1.86. The molecule has 0 aliphatic carbocycles. The molecule has 1 atom stereocenters. The van der Waals surface area contributed by atoms with E-state index < -0.39 is 53.5 Å². The maximum Gasteiger partial charge on any atom is 0.417 e. The van der Waals surface area contributed by atoms with E-state index in [0.29, 0.717) is 30.7 Å². The highest BCUT2D eigenvalue weighted by molar-refractivity contribution is 7.22. The zero-order valence-electron chi connectivity index (χ0n) is 24.7. The molecule has 0 spiro atoms. The van der Waals surface area contributed by atoms with E-state index in [1.165, 1.54) is 4.90 Å². The number of rotatable bonds is 8. The number of ether oxygens (including phenoxy) is 1. The number of hydrogen-bond acceptors (Lipinski definition) is 10. The topological polar surface area (TPSA) is 127 Å². The van der Waals surface area contributed by atoms with Crippen molar-refractivity contribution in [2.45, 2.75) is 31.5 Å². The number of nitrogens with two attached hydrogens (primary N) is 2. The molecule has 6 rings (SSSR count). The fraction of sp³-hybridized carbons (Fsp3) is 0.448. The summed E-state index contributed by atoms with van der Waals surface area (Å²) < 4.78 is 107. The van der Waals surface area contributed by atoms with E-state index >= 15 is 4.39 Å². The van der Waals surface area contributed by atoms with Crippen molar-refractivity contribution in [2.75, 3.05) is 63.1 Å². The Hall–Kier alpha value is -4.03. The van der Waals surface area contributed by atoms with Crippen LogP contribution in [-0.2, 0) is 11.0 Å². The molecule has 4 heterocycles. The number of carbonyl (C=O) groups is 1. The molecule has 2 aromatic carbocycles. The molecule has 2 aliphatic rings. The van der Waals surface area contributed by atoms with Gasteiger partial charge >= 0.3 is 12.2 Å². The highest BCUT2D eigenvalue weighted by Crippen LogP contribution is 2.46. The number of carbonyl (C=O) groups excluding carboxylic acids is 1. The molecule has 18 heteroatoms. The first-order valence-corrected chi connectivity index (χ1v) is 15.5. The number of piperazine rings is 1. The van der Waals surface area contributed by atoms with Crippen LogP contribution in [0.15, 0.2) is 18.2 Å². The van der Waals surface area contributed by atoms with Gasteiger partial charge < -0.3 is 26.0 Å². The van der Waals surface area contributed by atoms with Gasteiger partial charge in [0.15, 0.2) is 10.9 Å². The van der Waals surface area contributed by atoms with Gasteiger partial charge in [-0.2, -0.15) is 23.1 Å². The van der Waals surface area contributed by atoms with Crippen LogP contribution in [0.1, 0.15) is 18.4 Å². The van der Waals surface area contributed by atoms with Crippen LogP contribution >= 0.6 is 11.3 Å². The molecule has 10 nitrogen and oxygen atoms in total. The number of nitrogen functional groups attached to an aromatic ring is 1. The van der Waals surface area contributed by atoms with Gasteiger partial charge in [0.25, 0.3) is 6.43 Å². The Kier molecular flexibility index (Phi) is 9.01. The fourth-order valence-electron chi connectivity index (χ4n) is 6.15. The predicted octanol–water partition coefficient (Wildman–Crippen LogP) is 4.50. The average molecular weight is 687 g/mol. The first-order valence-electron chi connectivity index (χ1n) is 14.7. The number of benzene rings is 2. The van der Waals surface area contributed by atoms with Gasteiger partial charge in [0, 0.05) is 48.7 Å². The lowest BCUT2D eigenvalue weighted by atomic mass is 9.95. The van der Waals surface area contributed by atoms with E-state index in [1.54, 1.807) is 9.80 Å². The average Bonchev–Trinajstić information content (AvgIpc) is 3.65. The summed E-state index contributed by atoms with van der Waals surface area (Å²) in [5, 5.41) is -0.401. The van der Waals surface area contributed by atoms with Crippen LogP contribution in [0.25, 0.3) is 32.2 Å². The van der Waals surface area contributed by atoms with Crippen molar-refractivity contribution in [3.05, 3.63) is 35.4 Å². The SMILES string of the molecule is NCC(=O)N1CCN(c2nc(OC[C@@H]3CCCN3CC(F)F)nc3c(F)c(-c4ccc(F)c5sc(N)nc45)c(C(F)(F)F)cc23)CC1. The number of nitrogens with zero attached hydrogens (tertiary/aromatic N) is 6. The Morgan fingerprint density at radius 1 is 1.06 bits per heavy atom. The number of amides is 1. The van der Waals surface area contributed by atoms with Gasteiger partial charge in [-0.3, -0.25) is 9.69 Å². The maximum atomic E-state index is 16.7. The predicted molar refractivity (Wildman–Crippen MR) is 161 cm³/mol. The number of thiazole rings is 1. The Morgan fingerprint density at radius 2 is 1.81 bits per heavy atom. The summed E-state index contributed by atoms with van der Waals surface area (Å²) in [7, 11) is 0. The molecular weight excluding hydrogens is 657 g/mol. The van der Waals surface area contributed by atoms with Gasteiger partial charge in [0.1, 0.15) is 23.8 Å². The van der Waals surface area contributed by atoms with E-state index in [2.05, 4.69) is 15.0 Å². The van der Waals surface area contributed by atoms with Crippen molar-refractivity contribution in [1.82, 2.24) is 24.8 Å². The molecule has 2 aliphatic heterocycles. The standard InChI is InChI=1S/C29H29F7N8O2S/c30-18-4-3-15(24-25(18)47-27(38)39-24)21-17(29(34,35)36)10-16-23(22(21)33)40-28(46-13-14-2-1-5-44(14)12-19(31)32)41-26(16)43-8-6-42(7-9-43)20(45)11-37/h3-4,10,14,19H,1-2,5-9,11-13,37H2,(H2,38,39)/t14-/m0/s1. The zero-order valence-corrected chi connectivity index (χ0v) is 25.5. The molecule has 1 amide bonds. The maximum absolute atomic E-state index is 16.7. The number of likely N-dealkylation sites (tertiary alicyclic amines) is 1. The molecule has 2 fully saturated rings. The summed E-state index contributed by atoms with van der Waals surface area (Å²) in [6.45, 7) is 0.230. The Balaban J connectivity index is 1.50. The minimum atomic E-state index is -5.08. The smallest absolute Gasteiger partial charge is 0.417 e. The minimum absolute atomic E-state index is 0.0705. The number of alkyl halides is 5. The van der Waals surface area contributed by atoms with Crippen LogP contribution in [0.5, 0.6) is 6.01 Å². The summed E-state index contributed by atoms with van der Waals surface area (Å²) in [4.78, 5) is 29.3. The van der Waals surface area contributed by atoms with Crippen molar-refractivity contribution in [3.63, 3.8) is 0 Å². The molecule has 2 aromatic heterocycles. The third-order valence-electron chi connectivity index (χ3n) is 8.36. The number of aromatic nitrogens is 3. The normalized spacial score (nSPS) is 17.9. The van der Waals surface area contributed by atoms with Gasteiger partial charge in [-0.1, -0.05) is 11.3 Å². The second-order valence-corrected chi connectivity index (χ2v) is 12.3. The second kappa shape index (κ2) is 12.9. The molecule has 252 valence electrons. The number of halogens is 7. The van der Waals surface area contributed by atoms with Crippen molar-refractivity contribution >= 4 is 49.3 Å². The van der Waals surface area contributed by atoms with Gasteiger partial charge in [0.05, 0.1) is 28.9 Å². The largest absolute Gasteiger partial charge is 0.462 e. The molecular formula is C29H29F7N8O2S. The third kappa shape index (κ3) is 6.45. The summed E-state index contributed by atoms with van der Waals surface area (Å²) >= 11 is 0.709. The lowest BCUT2D eigenvalue weighted by molar-refractivity contribution is -0.137. The number of fused-ring (bicyclic) bond motifs is 2. The van der Waals surface area contributed by atoms with Crippen LogP contribution < -0.4 is 21.1 Å². The molecule has 0 unspecified atom stereocenters. The summed E-state index contributed by atoms with van der Waals surface area (Å²) in [6.07, 6.45) is -6.44. The fourth-order valence-corrected chi connectivity index (χ4v) is 6.91. The quantitative estimate of drug-likeness (QED) is 0.258. The molecule has 0 saturated carbocycles. The second-order valence-electron chi connectivity index (χ2n) is 11.2.